The first-order valence-electron chi connectivity index (χ1n) is 9.08. The molecule has 4 rings (SSSR count). The van der Waals surface area contributed by atoms with Crippen molar-refractivity contribution >= 4 is 16.9 Å². The van der Waals surface area contributed by atoms with Crippen LogP contribution in [-0.4, -0.2) is 21.5 Å². The Hall–Kier alpha value is -3.48. The van der Waals surface area contributed by atoms with Crippen LogP contribution in [-0.2, 0) is 12.6 Å². The molecule has 0 fully saturated rings. The lowest BCUT2D eigenvalue weighted by atomic mass is 9.98. The zero-order chi connectivity index (χ0) is 20.3. The van der Waals surface area contributed by atoms with Gasteiger partial charge in [-0.25, -0.2) is 9.97 Å². The summed E-state index contributed by atoms with van der Waals surface area (Å²) in [4.78, 5) is 13.0. The van der Waals surface area contributed by atoms with Gasteiger partial charge in [-0.15, -0.1) is 0 Å². The smallest absolute Gasteiger partial charge is 0.354 e. The van der Waals surface area contributed by atoms with E-state index in [1.165, 1.54) is 12.1 Å². The first-order valence-corrected chi connectivity index (χ1v) is 9.08. The van der Waals surface area contributed by atoms with Crippen LogP contribution in [0, 0.1) is 0 Å². The van der Waals surface area contributed by atoms with Gasteiger partial charge in [-0.2, -0.15) is 13.2 Å². The number of anilines is 1. The number of hydrogen-bond acceptors (Lipinski definition) is 4. The SMILES string of the molecule is FC(F)(F)c1ccccc1-c1ccc2nc(NCCc3ccccn3)ncc2c1. The second-order valence-corrected chi connectivity index (χ2v) is 6.51. The third kappa shape index (κ3) is 4.34. The first-order chi connectivity index (χ1) is 14.0. The molecule has 0 bridgehead atoms. The fourth-order valence-electron chi connectivity index (χ4n) is 3.12. The molecule has 0 aliphatic carbocycles. The molecule has 146 valence electrons. The summed E-state index contributed by atoms with van der Waals surface area (Å²) in [6.45, 7) is 0.625. The second kappa shape index (κ2) is 7.87. The summed E-state index contributed by atoms with van der Waals surface area (Å²) in [5.74, 6) is 0.469. The molecule has 2 heterocycles. The number of nitrogens with zero attached hydrogens (tertiary/aromatic N) is 3. The van der Waals surface area contributed by atoms with E-state index >= 15 is 0 Å². The standard InChI is InChI=1S/C22H17F3N4/c23-22(24,25)19-7-2-1-6-18(19)15-8-9-20-16(13-15)14-28-21(29-20)27-12-10-17-5-3-4-11-26-17/h1-9,11,13-14H,10,12H2,(H,27,28,29). The highest BCUT2D eigenvalue weighted by Crippen LogP contribution is 2.37. The molecule has 29 heavy (non-hydrogen) atoms. The highest BCUT2D eigenvalue weighted by molar-refractivity contribution is 5.85. The van der Waals surface area contributed by atoms with Crippen LogP contribution in [0.25, 0.3) is 22.0 Å². The Kier molecular flexibility index (Phi) is 5.12. The molecule has 4 aromatic rings. The maximum Gasteiger partial charge on any atom is 0.417 e. The normalized spacial score (nSPS) is 11.6. The molecule has 0 saturated carbocycles. The summed E-state index contributed by atoms with van der Waals surface area (Å²) in [5, 5.41) is 3.83. The second-order valence-electron chi connectivity index (χ2n) is 6.51. The predicted octanol–water partition coefficient (Wildman–Crippen LogP) is 5.37. The zero-order valence-corrected chi connectivity index (χ0v) is 15.3. The van der Waals surface area contributed by atoms with Gasteiger partial charge < -0.3 is 5.32 Å². The van der Waals surface area contributed by atoms with Gasteiger partial charge in [0.25, 0.3) is 0 Å². The summed E-state index contributed by atoms with van der Waals surface area (Å²) in [6.07, 6.45) is -0.319. The van der Waals surface area contributed by atoms with E-state index in [1.54, 1.807) is 36.7 Å². The molecule has 0 radical (unpaired) electrons. The molecule has 2 aromatic heterocycles. The monoisotopic (exact) mass is 394 g/mol. The van der Waals surface area contributed by atoms with Crippen molar-refractivity contribution in [2.24, 2.45) is 0 Å². The van der Waals surface area contributed by atoms with Gasteiger partial charge in [0, 0.05) is 36.4 Å². The fourth-order valence-corrected chi connectivity index (χ4v) is 3.12. The summed E-state index contributed by atoms with van der Waals surface area (Å²) in [6, 6.07) is 16.3. The van der Waals surface area contributed by atoms with Crippen LogP contribution >= 0.6 is 0 Å². The van der Waals surface area contributed by atoms with Gasteiger partial charge in [-0.3, -0.25) is 4.98 Å². The van der Waals surface area contributed by atoms with E-state index in [-0.39, 0.29) is 5.56 Å². The Morgan fingerprint density at radius 2 is 1.72 bits per heavy atom. The van der Waals surface area contributed by atoms with Crippen molar-refractivity contribution in [3.8, 4) is 11.1 Å². The fraction of sp³-hybridized carbons (Fsp3) is 0.136. The maximum atomic E-state index is 13.3. The molecule has 0 aliphatic heterocycles. The molecule has 0 unspecified atom stereocenters. The van der Waals surface area contributed by atoms with Crippen LogP contribution in [0.4, 0.5) is 19.1 Å². The molecule has 0 atom stereocenters. The van der Waals surface area contributed by atoms with Crippen molar-refractivity contribution in [1.82, 2.24) is 15.0 Å². The first kappa shape index (κ1) is 18.9. The molecule has 0 aliphatic rings. The lowest BCUT2D eigenvalue weighted by Crippen LogP contribution is -2.08. The van der Waals surface area contributed by atoms with E-state index in [1.807, 2.05) is 18.2 Å². The molecular weight excluding hydrogens is 377 g/mol. The Morgan fingerprint density at radius 3 is 2.52 bits per heavy atom. The minimum Gasteiger partial charge on any atom is -0.354 e. The quantitative estimate of drug-likeness (QED) is 0.495. The van der Waals surface area contributed by atoms with Gasteiger partial charge in [0.2, 0.25) is 5.95 Å². The van der Waals surface area contributed by atoms with E-state index in [9.17, 15) is 13.2 Å². The van der Waals surface area contributed by atoms with Crippen molar-refractivity contribution < 1.29 is 13.2 Å². The van der Waals surface area contributed by atoms with Crippen LogP contribution in [0.3, 0.4) is 0 Å². The van der Waals surface area contributed by atoms with Crippen molar-refractivity contribution in [2.45, 2.75) is 12.6 Å². The molecule has 1 N–H and O–H groups in total. The number of halogens is 3. The summed E-state index contributed by atoms with van der Waals surface area (Å²) in [5.41, 5.74) is 1.58. The number of benzene rings is 2. The number of nitrogens with one attached hydrogen (secondary N) is 1. The molecule has 0 saturated heterocycles. The van der Waals surface area contributed by atoms with Crippen molar-refractivity contribution in [3.63, 3.8) is 0 Å². The van der Waals surface area contributed by atoms with E-state index < -0.39 is 11.7 Å². The minimum atomic E-state index is -4.41. The molecule has 4 nitrogen and oxygen atoms in total. The van der Waals surface area contributed by atoms with E-state index in [2.05, 4.69) is 20.3 Å². The van der Waals surface area contributed by atoms with E-state index in [0.29, 0.717) is 29.0 Å². The Bertz CT molecular complexity index is 1130. The highest BCUT2D eigenvalue weighted by atomic mass is 19.4. The number of hydrogen-bond donors (Lipinski definition) is 1. The molecule has 7 heteroatoms. The molecular formula is C22H17F3N4. The third-order valence-electron chi connectivity index (χ3n) is 4.51. The number of fused-ring (bicyclic) bond motifs is 1. The number of aromatic nitrogens is 3. The summed E-state index contributed by atoms with van der Waals surface area (Å²) in [7, 11) is 0. The van der Waals surface area contributed by atoms with Crippen LogP contribution in [0.1, 0.15) is 11.3 Å². The highest BCUT2D eigenvalue weighted by Gasteiger charge is 2.33. The van der Waals surface area contributed by atoms with Gasteiger partial charge in [0.15, 0.2) is 0 Å². The van der Waals surface area contributed by atoms with Crippen LogP contribution in [0.5, 0.6) is 0 Å². The van der Waals surface area contributed by atoms with Crippen molar-refractivity contribution in [1.29, 1.82) is 0 Å². The maximum absolute atomic E-state index is 13.3. The van der Waals surface area contributed by atoms with Gasteiger partial charge in [0.05, 0.1) is 11.1 Å². The number of pyridine rings is 1. The number of alkyl halides is 3. The molecule has 0 spiro atoms. The largest absolute Gasteiger partial charge is 0.417 e. The van der Waals surface area contributed by atoms with Gasteiger partial charge in [-0.05, 0) is 41.5 Å². The summed E-state index contributed by atoms with van der Waals surface area (Å²) >= 11 is 0. The van der Waals surface area contributed by atoms with Crippen molar-refractivity contribution in [3.05, 3.63) is 84.3 Å². The van der Waals surface area contributed by atoms with Crippen LogP contribution in [0.2, 0.25) is 0 Å². The Morgan fingerprint density at radius 1 is 0.897 bits per heavy atom. The van der Waals surface area contributed by atoms with Gasteiger partial charge in [-0.1, -0.05) is 30.3 Å². The topological polar surface area (TPSA) is 50.7 Å². The minimum absolute atomic E-state index is 0.138. The molecule has 2 aromatic carbocycles. The lowest BCUT2D eigenvalue weighted by molar-refractivity contribution is -0.137. The average Bonchev–Trinajstić information content (AvgIpc) is 2.73. The van der Waals surface area contributed by atoms with Crippen LogP contribution in [0.15, 0.2) is 73.1 Å². The van der Waals surface area contributed by atoms with Crippen LogP contribution < -0.4 is 5.32 Å². The summed E-state index contributed by atoms with van der Waals surface area (Å²) < 4.78 is 39.9. The van der Waals surface area contributed by atoms with Gasteiger partial charge in [0.1, 0.15) is 0 Å². The van der Waals surface area contributed by atoms with E-state index in [0.717, 1.165) is 18.2 Å². The van der Waals surface area contributed by atoms with Gasteiger partial charge >= 0.3 is 6.18 Å². The average molecular weight is 394 g/mol. The Labute approximate surface area is 165 Å². The lowest BCUT2D eigenvalue weighted by Gasteiger charge is -2.13. The predicted molar refractivity (Wildman–Crippen MR) is 106 cm³/mol. The Balaban J connectivity index is 1.55. The number of rotatable bonds is 5. The zero-order valence-electron chi connectivity index (χ0n) is 15.3. The third-order valence-corrected chi connectivity index (χ3v) is 4.51. The van der Waals surface area contributed by atoms with Crippen molar-refractivity contribution in [2.75, 3.05) is 11.9 Å². The molecule has 0 amide bonds. The van der Waals surface area contributed by atoms with E-state index in [4.69, 9.17) is 0 Å².